The molecule has 0 unspecified atom stereocenters. The number of alkyl halides is 1. The fourth-order valence-corrected chi connectivity index (χ4v) is 2.62. The maximum absolute atomic E-state index is 10.8. The summed E-state index contributed by atoms with van der Waals surface area (Å²) in [7, 11) is 0. The van der Waals surface area contributed by atoms with E-state index < -0.39 is 0 Å². The number of rotatable bonds is 11. The Labute approximate surface area is 135 Å². The van der Waals surface area contributed by atoms with E-state index in [1.807, 2.05) is 0 Å². The van der Waals surface area contributed by atoms with Crippen LogP contribution >= 0.6 is 15.9 Å². The normalized spacial score (nSPS) is 10.6. The lowest BCUT2D eigenvalue weighted by Gasteiger charge is -2.09. The summed E-state index contributed by atoms with van der Waals surface area (Å²) in [6.45, 7) is 2.36. The highest BCUT2D eigenvalue weighted by atomic mass is 79.9. The molecule has 0 spiro atoms. The van der Waals surface area contributed by atoms with Crippen molar-refractivity contribution >= 4 is 21.6 Å². The molecule has 1 aromatic rings. The molecule has 0 amide bonds. The van der Waals surface area contributed by atoms with Gasteiger partial charge in [-0.1, -0.05) is 54.1 Å². The van der Waals surface area contributed by atoms with Gasteiger partial charge in [-0.15, -0.1) is 0 Å². The SMILES string of the molecule is Cc1c(OCCCCCCCCCBr)cccc1[N+](=O)[O-]. The molecule has 1 aromatic carbocycles. The van der Waals surface area contributed by atoms with Gasteiger partial charge in [0.05, 0.1) is 17.1 Å². The van der Waals surface area contributed by atoms with Gasteiger partial charge in [0, 0.05) is 11.4 Å². The molecule has 0 aromatic heterocycles. The summed E-state index contributed by atoms with van der Waals surface area (Å²) in [6, 6.07) is 4.97. The molecule has 0 aliphatic carbocycles. The lowest BCUT2D eigenvalue weighted by atomic mass is 10.1. The van der Waals surface area contributed by atoms with E-state index in [1.165, 1.54) is 38.2 Å². The Morgan fingerprint density at radius 1 is 1.10 bits per heavy atom. The van der Waals surface area contributed by atoms with E-state index in [0.29, 0.717) is 17.9 Å². The molecule has 0 saturated heterocycles. The fraction of sp³-hybridized carbons (Fsp3) is 0.625. The Morgan fingerprint density at radius 3 is 2.33 bits per heavy atom. The Hall–Kier alpha value is -1.10. The van der Waals surface area contributed by atoms with E-state index in [2.05, 4.69) is 15.9 Å². The molecule has 118 valence electrons. The predicted octanol–water partition coefficient (Wildman–Crippen LogP) is 5.41. The van der Waals surface area contributed by atoms with E-state index in [0.717, 1.165) is 18.2 Å². The predicted molar refractivity (Wildman–Crippen MR) is 89.4 cm³/mol. The van der Waals surface area contributed by atoms with Gasteiger partial charge in [0.1, 0.15) is 5.75 Å². The van der Waals surface area contributed by atoms with Gasteiger partial charge >= 0.3 is 0 Å². The number of hydrogen-bond donors (Lipinski definition) is 0. The summed E-state index contributed by atoms with van der Waals surface area (Å²) < 4.78 is 5.66. The van der Waals surface area contributed by atoms with Crippen molar-refractivity contribution in [3.63, 3.8) is 0 Å². The van der Waals surface area contributed by atoms with Crippen LogP contribution in [0.2, 0.25) is 0 Å². The van der Waals surface area contributed by atoms with Gasteiger partial charge < -0.3 is 4.74 Å². The fourth-order valence-electron chi connectivity index (χ4n) is 2.22. The molecular weight excluding hydrogens is 334 g/mol. The first kappa shape index (κ1) is 18.0. The summed E-state index contributed by atoms with van der Waals surface area (Å²) in [6.07, 6.45) is 8.53. The summed E-state index contributed by atoms with van der Waals surface area (Å²) in [5, 5.41) is 11.9. The van der Waals surface area contributed by atoms with Gasteiger partial charge in [0.2, 0.25) is 0 Å². The maximum Gasteiger partial charge on any atom is 0.276 e. The molecular formula is C16H24BrNO3. The summed E-state index contributed by atoms with van der Waals surface area (Å²) in [5.41, 5.74) is 0.733. The molecule has 0 aliphatic heterocycles. The summed E-state index contributed by atoms with van der Waals surface area (Å²) in [4.78, 5) is 10.5. The highest BCUT2D eigenvalue weighted by Gasteiger charge is 2.13. The lowest BCUT2D eigenvalue weighted by Crippen LogP contribution is -2.01. The van der Waals surface area contributed by atoms with Crippen LogP contribution in [-0.4, -0.2) is 16.9 Å². The van der Waals surface area contributed by atoms with E-state index in [9.17, 15) is 10.1 Å². The average Bonchev–Trinajstić information content (AvgIpc) is 2.46. The van der Waals surface area contributed by atoms with Crippen LogP contribution in [0.25, 0.3) is 0 Å². The zero-order valence-corrected chi connectivity index (χ0v) is 14.2. The lowest BCUT2D eigenvalue weighted by molar-refractivity contribution is -0.385. The second kappa shape index (κ2) is 10.6. The molecule has 0 saturated carbocycles. The van der Waals surface area contributed by atoms with Crippen LogP contribution in [0.3, 0.4) is 0 Å². The van der Waals surface area contributed by atoms with Gasteiger partial charge in [-0.05, 0) is 25.8 Å². The number of hydrogen-bond acceptors (Lipinski definition) is 3. The zero-order valence-electron chi connectivity index (χ0n) is 12.6. The van der Waals surface area contributed by atoms with E-state index in [4.69, 9.17) is 4.74 Å². The van der Waals surface area contributed by atoms with Crippen molar-refractivity contribution < 1.29 is 9.66 Å². The second-order valence-corrected chi connectivity index (χ2v) is 5.96. The third-order valence-electron chi connectivity index (χ3n) is 3.49. The van der Waals surface area contributed by atoms with Crippen LogP contribution in [0.1, 0.15) is 50.5 Å². The topological polar surface area (TPSA) is 52.4 Å². The first-order chi connectivity index (χ1) is 10.2. The quantitative estimate of drug-likeness (QED) is 0.230. The van der Waals surface area contributed by atoms with Crippen molar-refractivity contribution in [1.82, 2.24) is 0 Å². The van der Waals surface area contributed by atoms with Crippen LogP contribution in [0.4, 0.5) is 5.69 Å². The van der Waals surface area contributed by atoms with Crippen molar-refractivity contribution in [2.24, 2.45) is 0 Å². The average molecular weight is 358 g/mol. The number of nitrogens with zero attached hydrogens (tertiary/aromatic N) is 1. The van der Waals surface area contributed by atoms with Crippen LogP contribution < -0.4 is 4.74 Å². The second-order valence-electron chi connectivity index (χ2n) is 5.17. The molecule has 0 radical (unpaired) electrons. The molecule has 0 bridgehead atoms. The monoisotopic (exact) mass is 357 g/mol. The number of nitro groups is 1. The molecule has 0 atom stereocenters. The van der Waals surface area contributed by atoms with Crippen molar-refractivity contribution in [2.45, 2.75) is 51.9 Å². The van der Waals surface area contributed by atoms with Crippen LogP contribution in [0.15, 0.2) is 18.2 Å². The Kier molecular flexibility index (Phi) is 9.06. The molecule has 21 heavy (non-hydrogen) atoms. The van der Waals surface area contributed by atoms with Gasteiger partial charge in [-0.2, -0.15) is 0 Å². The van der Waals surface area contributed by atoms with Crippen LogP contribution in [0, 0.1) is 17.0 Å². The smallest absolute Gasteiger partial charge is 0.276 e. The Balaban J connectivity index is 2.19. The number of halogens is 1. The minimum atomic E-state index is -0.366. The van der Waals surface area contributed by atoms with Crippen molar-refractivity contribution in [3.8, 4) is 5.75 Å². The number of nitro benzene ring substituents is 1. The number of ether oxygens (including phenoxy) is 1. The highest BCUT2D eigenvalue weighted by Crippen LogP contribution is 2.27. The Morgan fingerprint density at radius 2 is 1.71 bits per heavy atom. The van der Waals surface area contributed by atoms with Crippen LogP contribution in [-0.2, 0) is 0 Å². The number of benzene rings is 1. The molecule has 0 N–H and O–H groups in total. The van der Waals surface area contributed by atoms with Crippen molar-refractivity contribution in [3.05, 3.63) is 33.9 Å². The summed E-state index contributed by atoms with van der Waals surface area (Å²) >= 11 is 3.44. The van der Waals surface area contributed by atoms with E-state index in [1.54, 1.807) is 19.1 Å². The summed E-state index contributed by atoms with van der Waals surface area (Å²) in [5.74, 6) is 0.626. The van der Waals surface area contributed by atoms with Gasteiger partial charge in [0.25, 0.3) is 5.69 Å². The highest BCUT2D eigenvalue weighted by molar-refractivity contribution is 9.09. The Bertz CT molecular complexity index is 438. The molecule has 0 fully saturated rings. The number of unbranched alkanes of at least 4 members (excludes halogenated alkanes) is 6. The minimum Gasteiger partial charge on any atom is -0.493 e. The molecule has 0 heterocycles. The van der Waals surface area contributed by atoms with Crippen LogP contribution in [0.5, 0.6) is 5.75 Å². The molecule has 0 aliphatic rings. The van der Waals surface area contributed by atoms with Gasteiger partial charge in [0.15, 0.2) is 0 Å². The third kappa shape index (κ3) is 6.93. The molecule has 5 heteroatoms. The van der Waals surface area contributed by atoms with Gasteiger partial charge in [-0.3, -0.25) is 10.1 Å². The van der Waals surface area contributed by atoms with Crippen molar-refractivity contribution in [1.29, 1.82) is 0 Å². The van der Waals surface area contributed by atoms with Gasteiger partial charge in [-0.25, -0.2) is 0 Å². The molecule has 1 rings (SSSR count). The zero-order chi connectivity index (χ0) is 15.5. The molecule has 4 nitrogen and oxygen atoms in total. The van der Waals surface area contributed by atoms with E-state index >= 15 is 0 Å². The van der Waals surface area contributed by atoms with E-state index in [-0.39, 0.29) is 10.6 Å². The minimum absolute atomic E-state index is 0.124. The first-order valence-electron chi connectivity index (χ1n) is 7.59. The largest absolute Gasteiger partial charge is 0.493 e. The maximum atomic E-state index is 10.8. The standard InChI is InChI=1S/C16H24BrNO3/c1-14-15(18(19)20)10-9-11-16(14)21-13-8-6-4-2-3-5-7-12-17/h9-11H,2-8,12-13H2,1H3. The first-order valence-corrected chi connectivity index (χ1v) is 8.71. The third-order valence-corrected chi connectivity index (χ3v) is 4.05. The van der Waals surface area contributed by atoms with Crippen molar-refractivity contribution in [2.75, 3.05) is 11.9 Å².